The lowest BCUT2D eigenvalue weighted by Gasteiger charge is -2.17. The highest BCUT2D eigenvalue weighted by Crippen LogP contribution is 2.22. The molecule has 0 aromatic heterocycles. The summed E-state index contributed by atoms with van der Waals surface area (Å²) in [5.41, 5.74) is 1.05. The van der Waals surface area contributed by atoms with E-state index in [-0.39, 0.29) is 0 Å². The van der Waals surface area contributed by atoms with Crippen LogP contribution in [0.15, 0.2) is 18.2 Å². The van der Waals surface area contributed by atoms with Crippen LogP contribution >= 0.6 is 23.2 Å². The Morgan fingerprint density at radius 1 is 1.12 bits per heavy atom. The van der Waals surface area contributed by atoms with Gasteiger partial charge in [0.1, 0.15) is 0 Å². The number of ether oxygens (including phenoxy) is 1. The van der Waals surface area contributed by atoms with Crippen molar-refractivity contribution in [2.24, 2.45) is 0 Å². The van der Waals surface area contributed by atoms with Gasteiger partial charge in [-0.25, -0.2) is 0 Å². The van der Waals surface area contributed by atoms with Crippen LogP contribution in [0, 0.1) is 0 Å². The highest BCUT2D eigenvalue weighted by molar-refractivity contribution is 6.41. The maximum Gasteiger partial charge on any atom is 0.0718 e. The molecule has 0 amide bonds. The molecule has 17 heavy (non-hydrogen) atoms. The van der Waals surface area contributed by atoms with Crippen molar-refractivity contribution < 1.29 is 4.74 Å². The summed E-state index contributed by atoms with van der Waals surface area (Å²) in [7, 11) is 0. The van der Waals surface area contributed by atoms with E-state index in [1.54, 1.807) is 6.07 Å². The van der Waals surface area contributed by atoms with Crippen LogP contribution in [0.3, 0.4) is 0 Å². The molecule has 96 valence electrons. The minimum atomic E-state index is 0.580. The molecule has 1 aromatic rings. The molecule has 4 heteroatoms. The van der Waals surface area contributed by atoms with Gasteiger partial charge in [0.15, 0.2) is 0 Å². The van der Waals surface area contributed by atoms with Crippen molar-refractivity contribution in [2.45, 2.75) is 20.5 Å². The van der Waals surface area contributed by atoms with Gasteiger partial charge in [-0.3, -0.25) is 0 Å². The van der Waals surface area contributed by atoms with Crippen LogP contribution in [-0.4, -0.2) is 31.1 Å². The Balaban J connectivity index is 2.28. The van der Waals surface area contributed by atoms with E-state index in [0.717, 1.165) is 31.8 Å². The number of rotatable bonds is 7. The lowest BCUT2D eigenvalue weighted by molar-refractivity contribution is 0.0956. The van der Waals surface area contributed by atoms with Crippen molar-refractivity contribution in [3.63, 3.8) is 0 Å². The Kier molecular flexibility index (Phi) is 6.90. The Morgan fingerprint density at radius 3 is 2.41 bits per heavy atom. The molecule has 0 spiro atoms. The van der Waals surface area contributed by atoms with Gasteiger partial charge in [0.25, 0.3) is 0 Å². The largest absolute Gasteiger partial charge is 0.375 e. The van der Waals surface area contributed by atoms with E-state index >= 15 is 0 Å². The number of hydrogen-bond acceptors (Lipinski definition) is 2. The van der Waals surface area contributed by atoms with Gasteiger partial charge in [-0.2, -0.15) is 0 Å². The maximum atomic E-state index is 5.93. The summed E-state index contributed by atoms with van der Waals surface area (Å²) in [6, 6.07) is 5.58. The molecule has 0 heterocycles. The molecule has 1 aromatic carbocycles. The third-order valence-corrected chi connectivity index (χ3v) is 3.44. The normalized spacial score (nSPS) is 11.1. The fourth-order valence-corrected chi connectivity index (χ4v) is 1.87. The first kappa shape index (κ1) is 14.8. The topological polar surface area (TPSA) is 12.5 Å². The van der Waals surface area contributed by atoms with Crippen LogP contribution in [0.25, 0.3) is 0 Å². The highest BCUT2D eigenvalue weighted by atomic mass is 35.5. The number of hydrogen-bond donors (Lipinski definition) is 0. The van der Waals surface area contributed by atoms with Crippen LogP contribution in [0.5, 0.6) is 0 Å². The summed E-state index contributed by atoms with van der Waals surface area (Å²) < 4.78 is 5.61. The first-order valence-electron chi connectivity index (χ1n) is 5.91. The van der Waals surface area contributed by atoms with E-state index < -0.39 is 0 Å². The van der Waals surface area contributed by atoms with Crippen molar-refractivity contribution in [3.8, 4) is 0 Å². The summed E-state index contributed by atoms with van der Waals surface area (Å²) in [5.74, 6) is 0. The van der Waals surface area contributed by atoms with Crippen molar-refractivity contribution in [2.75, 3.05) is 26.2 Å². The second-order valence-electron chi connectivity index (χ2n) is 3.83. The summed E-state index contributed by atoms with van der Waals surface area (Å²) in [5, 5.41) is 1.16. The second-order valence-corrected chi connectivity index (χ2v) is 4.64. The van der Waals surface area contributed by atoms with E-state index in [0.29, 0.717) is 16.7 Å². The standard InChI is InChI=1S/C13H19Cl2NO/c1-3-16(4-2)7-8-17-10-11-5-6-12(14)13(15)9-11/h5-6,9H,3-4,7-8,10H2,1-2H3. The van der Waals surface area contributed by atoms with E-state index in [1.807, 2.05) is 12.1 Å². The van der Waals surface area contributed by atoms with Crippen LogP contribution < -0.4 is 0 Å². The summed E-state index contributed by atoms with van der Waals surface area (Å²) >= 11 is 11.8. The molecular formula is C13H19Cl2NO. The molecule has 0 saturated heterocycles. The molecule has 0 fully saturated rings. The molecule has 0 bridgehead atoms. The summed E-state index contributed by atoms with van der Waals surface area (Å²) in [4.78, 5) is 2.33. The van der Waals surface area contributed by atoms with Gasteiger partial charge in [0, 0.05) is 6.54 Å². The lowest BCUT2D eigenvalue weighted by Crippen LogP contribution is -2.26. The van der Waals surface area contributed by atoms with Gasteiger partial charge in [-0.05, 0) is 30.8 Å². The van der Waals surface area contributed by atoms with Crippen molar-refractivity contribution in [1.29, 1.82) is 0 Å². The molecule has 1 rings (SSSR count). The van der Waals surface area contributed by atoms with Crippen LogP contribution in [0.4, 0.5) is 0 Å². The molecule has 0 N–H and O–H groups in total. The molecule has 0 aliphatic heterocycles. The van der Waals surface area contributed by atoms with Gasteiger partial charge in [-0.15, -0.1) is 0 Å². The third-order valence-electron chi connectivity index (χ3n) is 2.70. The van der Waals surface area contributed by atoms with Crippen molar-refractivity contribution >= 4 is 23.2 Å². The van der Waals surface area contributed by atoms with Crippen LogP contribution in [0.1, 0.15) is 19.4 Å². The first-order valence-corrected chi connectivity index (χ1v) is 6.67. The zero-order valence-corrected chi connectivity index (χ0v) is 11.9. The zero-order chi connectivity index (χ0) is 12.7. The minimum absolute atomic E-state index is 0.580. The molecule has 0 radical (unpaired) electrons. The molecular weight excluding hydrogens is 257 g/mol. The zero-order valence-electron chi connectivity index (χ0n) is 10.4. The van der Waals surface area contributed by atoms with E-state index in [1.165, 1.54) is 0 Å². The average molecular weight is 276 g/mol. The molecule has 0 aliphatic carbocycles. The van der Waals surface area contributed by atoms with Gasteiger partial charge >= 0.3 is 0 Å². The summed E-state index contributed by atoms with van der Waals surface area (Å²) in [6.07, 6.45) is 0. The Bertz CT molecular complexity index is 340. The quantitative estimate of drug-likeness (QED) is 0.701. The smallest absolute Gasteiger partial charge is 0.0718 e. The fraction of sp³-hybridized carbons (Fsp3) is 0.538. The van der Waals surface area contributed by atoms with Crippen LogP contribution in [-0.2, 0) is 11.3 Å². The van der Waals surface area contributed by atoms with E-state index in [9.17, 15) is 0 Å². The lowest BCUT2D eigenvalue weighted by atomic mass is 10.2. The predicted octanol–water partition coefficient (Wildman–Crippen LogP) is 3.85. The highest BCUT2D eigenvalue weighted by Gasteiger charge is 2.01. The molecule has 0 atom stereocenters. The number of nitrogens with zero attached hydrogens (tertiary/aromatic N) is 1. The van der Waals surface area contributed by atoms with Crippen molar-refractivity contribution in [3.05, 3.63) is 33.8 Å². The number of halogens is 2. The minimum Gasteiger partial charge on any atom is -0.375 e. The number of likely N-dealkylation sites (N-methyl/N-ethyl adjacent to an activating group) is 1. The van der Waals surface area contributed by atoms with Gasteiger partial charge in [-0.1, -0.05) is 43.1 Å². The Hall–Kier alpha value is -0.280. The average Bonchev–Trinajstić information content (AvgIpc) is 2.34. The summed E-state index contributed by atoms with van der Waals surface area (Å²) in [6.45, 7) is 8.72. The third kappa shape index (κ3) is 5.26. The van der Waals surface area contributed by atoms with Gasteiger partial charge in [0.2, 0.25) is 0 Å². The second kappa shape index (κ2) is 7.93. The van der Waals surface area contributed by atoms with Gasteiger partial charge < -0.3 is 9.64 Å². The maximum absolute atomic E-state index is 5.93. The van der Waals surface area contributed by atoms with E-state index in [2.05, 4.69) is 18.7 Å². The monoisotopic (exact) mass is 275 g/mol. The Morgan fingerprint density at radius 2 is 1.82 bits per heavy atom. The predicted molar refractivity (Wildman–Crippen MR) is 73.9 cm³/mol. The molecule has 0 aliphatic rings. The molecule has 0 saturated carbocycles. The Labute approximate surface area is 113 Å². The molecule has 0 unspecified atom stereocenters. The first-order chi connectivity index (χ1) is 8.17. The SMILES string of the molecule is CCN(CC)CCOCc1ccc(Cl)c(Cl)c1. The van der Waals surface area contributed by atoms with Crippen molar-refractivity contribution in [1.82, 2.24) is 4.90 Å². The molecule has 2 nitrogen and oxygen atoms in total. The number of benzene rings is 1. The fourth-order valence-electron chi connectivity index (χ4n) is 1.55. The van der Waals surface area contributed by atoms with E-state index in [4.69, 9.17) is 27.9 Å². The van der Waals surface area contributed by atoms with Crippen LogP contribution in [0.2, 0.25) is 10.0 Å². The van der Waals surface area contributed by atoms with Gasteiger partial charge in [0.05, 0.1) is 23.3 Å².